The zero-order valence-corrected chi connectivity index (χ0v) is 13.5. The molecule has 0 heterocycles. The summed E-state index contributed by atoms with van der Waals surface area (Å²) >= 11 is 7.88. The van der Waals surface area contributed by atoms with Gasteiger partial charge in [-0.1, -0.05) is 23.7 Å². The molecule has 0 atom stereocenters. The van der Waals surface area contributed by atoms with Gasteiger partial charge in [0.25, 0.3) is 11.8 Å². The number of phenols is 1. The summed E-state index contributed by atoms with van der Waals surface area (Å²) < 4.78 is 0.731. The smallest absolute Gasteiger partial charge is 0.273 e. The van der Waals surface area contributed by atoms with Gasteiger partial charge in [0.1, 0.15) is 5.75 Å². The molecule has 0 aromatic heterocycles. The van der Waals surface area contributed by atoms with Gasteiger partial charge in [0, 0.05) is 9.13 Å². The van der Waals surface area contributed by atoms with Gasteiger partial charge in [-0.2, -0.15) is 0 Å². The van der Waals surface area contributed by atoms with E-state index in [0.717, 1.165) is 3.57 Å². The minimum Gasteiger partial charge on any atom is -0.507 e. The first kappa shape index (κ1) is 15.6. The molecule has 0 aliphatic carbocycles. The number of para-hydroxylation sites is 1. The summed E-state index contributed by atoms with van der Waals surface area (Å²) in [6.07, 6.45) is 0. The second-order valence-corrected chi connectivity index (χ2v) is 5.62. The van der Waals surface area contributed by atoms with Crippen LogP contribution >= 0.6 is 34.2 Å². The number of rotatable bonds is 2. The maximum absolute atomic E-state index is 11.9. The van der Waals surface area contributed by atoms with E-state index in [1.165, 1.54) is 12.1 Å². The molecule has 2 amide bonds. The van der Waals surface area contributed by atoms with E-state index in [1.807, 2.05) is 22.6 Å². The Kier molecular flexibility index (Phi) is 5.03. The van der Waals surface area contributed by atoms with Crippen LogP contribution in [0.4, 0.5) is 0 Å². The highest BCUT2D eigenvalue weighted by molar-refractivity contribution is 14.1. The first-order chi connectivity index (χ1) is 9.99. The predicted octanol–water partition coefficient (Wildman–Crippen LogP) is 2.73. The van der Waals surface area contributed by atoms with Gasteiger partial charge >= 0.3 is 0 Å². The summed E-state index contributed by atoms with van der Waals surface area (Å²) in [7, 11) is 0. The Labute approximate surface area is 139 Å². The van der Waals surface area contributed by atoms with E-state index in [0.29, 0.717) is 10.6 Å². The van der Waals surface area contributed by atoms with Gasteiger partial charge in [0.15, 0.2) is 0 Å². The molecule has 0 aliphatic heterocycles. The van der Waals surface area contributed by atoms with E-state index >= 15 is 0 Å². The van der Waals surface area contributed by atoms with E-state index < -0.39 is 11.8 Å². The van der Waals surface area contributed by atoms with E-state index in [-0.39, 0.29) is 11.3 Å². The molecule has 0 saturated carbocycles. The van der Waals surface area contributed by atoms with Crippen LogP contribution in [0.25, 0.3) is 0 Å². The zero-order chi connectivity index (χ0) is 15.4. The SMILES string of the molecule is O=C(NNC(=O)c1ccccc1O)c1ccc(Cl)c(I)c1. The largest absolute Gasteiger partial charge is 0.507 e. The molecule has 0 bridgehead atoms. The second-order valence-electron chi connectivity index (χ2n) is 4.05. The molecule has 2 aromatic carbocycles. The monoisotopic (exact) mass is 416 g/mol. The number of carbonyl (C=O) groups excluding carboxylic acids is 2. The number of amides is 2. The number of nitrogens with one attached hydrogen (secondary N) is 2. The topological polar surface area (TPSA) is 78.4 Å². The zero-order valence-electron chi connectivity index (χ0n) is 10.6. The fraction of sp³-hybridized carbons (Fsp3) is 0. The van der Waals surface area contributed by atoms with Crippen molar-refractivity contribution < 1.29 is 14.7 Å². The van der Waals surface area contributed by atoms with Gasteiger partial charge < -0.3 is 5.11 Å². The lowest BCUT2D eigenvalue weighted by molar-refractivity contribution is 0.0845. The van der Waals surface area contributed by atoms with E-state index in [2.05, 4.69) is 10.9 Å². The van der Waals surface area contributed by atoms with Crippen LogP contribution in [0.3, 0.4) is 0 Å². The average molecular weight is 417 g/mol. The summed E-state index contributed by atoms with van der Waals surface area (Å²) in [5.74, 6) is -1.25. The summed E-state index contributed by atoms with van der Waals surface area (Å²) in [4.78, 5) is 23.7. The average Bonchev–Trinajstić information content (AvgIpc) is 2.47. The van der Waals surface area contributed by atoms with Crippen LogP contribution < -0.4 is 10.9 Å². The van der Waals surface area contributed by atoms with Crippen LogP contribution in [-0.4, -0.2) is 16.9 Å². The number of carbonyl (C=O) groups is 2. The van der Waals surface area contributed by atoms with Gasteiger partial charge in [-0.05, 0) is 52.9 Å². The highest BCUT2D eigenvalue weighted by Gasteiger charge is 2.12. The number of halogens is 2. The van der Waals surface area contributed by atoms with Gasteiger partial charge in [-0.15, -0.1) is 0 Å². The first-order valence-electron chi connectivity index (χ1n) is 5.83. The summed E-state index contributed by atoms with van der Waals surface area (Å²) in [6, 6.07) is 10.8. The Hall–Kier alpha value is -1.80. The number of hydrogen-bond donors (Lipinski definition) is 3. The van der Waals surface area contributed by atoms with Crippen LogP contribution in [0.15, 0.2) is 42.5 Å². The molecule has 5 nitrogen and oxygen atoms in total. The molecule has 3 N–H and O–H groups in total. The van der Waals surface area contributed by atoms with E-state index in [4.69, 9.17) is 11.6 Å². The molecule has 7 heteroatoms. The third kappa shape index (κ3) is 3.85. The fourth-order valence-corrected chi connectivity index (χ4v) is 2.19. The van der Waals surface area contributed by atoms with Crippen molar-refractivity contribution in [3.8, 4) is 5.75 Å². The third-order valence-electron chi connectivity index (χ3n) is 2.62. The quantitative estimate of drug-likeness (QED) is 0.520. The van der Waals surface area contributed by atoms with Crippen LogP contribution in [0.2, 0.25) is 5.02 Å². The minimum atomic E-state index is -0.606. The number of hydrogen-bond acceptors (Lipinski definition) is 3. The standard InChI is InChI=1S/C14H10ClIN2O3/c15-10-6-5-8(7-11(10)16)13(20)17-18-14(21)9-3-1-2-4-12(9)19/h1-7,19H,(H,17,20)(H,18,21). The highest BCUT2D eigenvalue weighted by atomic mass is 127. The third-order valence-corrected chi connectivity index (χ3v) is 4.16. The normalized spacial score (nSPS) is 10.0. The van der Waals surface area contributed by atoms with Gasteiger partial charge in [0.2, 0.25) is 0 Å². The molecule has 108 valence electrons. The molecule has 2 rings (SSSR count). The van der Waals surface area contributed by atoms with Crippen molar-refractivity contribution >= 4 is 46.0 Å². The van der Waals surface area contributed by atoms with Crippen molar-refractivity contribution in [2.45, 2.75) is 0 Å². The second kappa shape index (κ2) is 6.77. The van der Waals surface area contributed by atoms with Crippen LogP contribution in [0, 0.1) is 3.57 Å². The van der Waals surface area contributed by atoms with E-state index in [9.17, 15) is 14.7 Å². The molecule has 0 unspecified atom stereocenters. The lowest BCUT2D eigenvalue weighted by Crippen LogP contribution is -2.41. The summed E-state index contributed by atoms with van der Waals surface area (Å²) in [5, 5.41) is 10.1. The molecule has 0 radical (unpaired) electrons. The van der Waals surface area contributed by atoms with Crippen molar-refractivity contribution in [3.63, 3.8) is 0 Å². The maximum Gasteiger partial charge on any atom is 0.273 e. The van der Waals surface area contributed by atoms with Crippen molar-refractivity contribution in [1.29, 1.82) is 0 Å². The van der Waals surface area contributed by atoms with Crippen molar-refractivity contribution in [3.05, 3.63) is 62.2 Å². The number of aromatic hydroxyl groups is 1. The highest BCUT2D eigenvalue weighted by Crippen LogP contribution is 2.19. The molecular formula is C14H10ClIN2O3. The molecule has 0 aliphatic rings. The Bertz CT molecular complexity index is 706. The number of benzene rings is 2. The van der Waals surface area contributed by atoms with Gasteiger partial charge in [-0.3, -0.25) is 20.4 Å². The Morgan fingerprint density at radius 1 is 1.05 bits per heavy atom. The fourth-order valence-electron chi connectivity index (χ4n) is 1.56. The number of phenolic OH excluding ortho intramolecular Hbond substituents is 1. The van der Waals surface area contributed by atoms with Crippen molar-refractivity contribution in [2.24, 2.45) is 0 Å². The molecule has 0 saturated heterocycles. The molecule has 21 heavy (non-hydrogen) atoms. The minimum absolute atomic E-state index is 0.0727. The van der Waals surface area contributed by atoms with Crippen molar-refractivity contribution in [2.75, 3.05) is 0 Å². The Morgan fingerprint density at radius 3 is 2.38 bits per heavy atom. The van der Waals surface area contributed by atoms with Gasteiger partial charge in [-0.25, -0.2) is 0 Å². The molecular weight excluding hydrogens is 407 g/mol. The first-order valence-corrected chi connectivity index (χ1v) is 7.28. The molecule has 0 fully saturated rings. The lowest BCUT2D eigenvalue weighted by atomic mass is 10.2. The maximum atomic E-state index is 11.9. The lowest BCUT2D eigenvalue weighted by Gasteiger charge is -2.09. The molecule has 2 aromatic rings. The van der Waals surface area contributed by atoms with E-state index in [1.54, 1.807) is 30.3 Å². The Morgan fingerprint density at radius 2 is 1.71 bits per heavy atom. The number of hydrazine groups is 1. The van der Waals surface area contributed by atoms with Crippen LogP contribution in [0.5, 0.6) is 5.75 Å². The predicted molar refractivity (Wildman–Crippen MR) is 87.2 cm³/mol. The van der Waals surface area contributed by atoms with Crippen LogP contribution in [0.1, 0.15) is 20.7 Å². The summed E-state index contributed by atoms with van der Waals surface area (Å²) in [6.45, 7) is 0. The summed E-state index contributed by atoms with van der Waals surface area (Å²) in [5.41, 5.74) is 4.95. The molecule has 0 spiro atoms. The van der Waals surface area contributed by atoms with Gasteiger partial charge in [0.05, 0.1) is 10.6 Å². The van der Waals surface area contributed by atoms with Crippen molar-refractivity contribution in [1.82, 2.24) is 10.9 Å². The Balaban J connectivity index is 2.02. The van der Waals surface area contributed by atoms with Crippen LogP contribution in [-0.2, 0) is 0 Å².